The van der Waals surface area contributed by atoms with E-state index in [2.05, 4.69) is 6.58 Å². The summed E-state index contributed by atoms with van der Waals surface area (Å²) in [5, 5.41) is 9.07. The molecule has 0 aromatic carbocycles. The molecule has 1 amide bonds. The number of carboxylic acid groups (broad SMARTS) is 1. The minimum atomic E-state index is -0.959. The maximum Gasteiger partial charge on any atom is 0.326 e. The molecule has 0 bridgehead atoms. The molecule has 5 heteroatoms. The molecule has 1 heterocycles. The van der Waals surface area contributed by atoms with Crippen LogP contribution in [0.4, 0.5) is 0 Å². The van der Waals surface area contributed by atoms with E-state index >= 15 is 0 Å². The van der Waals surface area contributed by atoms with Crippen LogP contribution in [0.1, 0.15) is 26.2 Å². The van der Waals surface area contributed by atoms with Crippen LogP contribution >= 0.6 is 0 Å². The fraction of sp³-hybridized carbons (Fsp3) is 0.667. The average molecular weight is 241 g/mol. The number of hydrogen-bond donors (Lipinski definition) is 1. The summed E-state index contributed by atoms with van der Waals surface area (Å²) in [5.41, 5.74) is 0. The van der Waals surface area contributed by atoms with E-state index in [-0.39, 0.29) is 12.0 Å². The Morgan fingerprint density at radius 3 is 2.82 bits per heavy atom. The summed E-state index contributed by atoms with van der Waals surface area (Å²) in [6.45, 7) is 6.31. The van der Waals surface area contributed by atoms with E-state index in [0.29, 0.717) is 32.4 Å². The van der Waals surface area contributed by atoms with Gasteiger partial charge in [-0.05, 0) is 13.3 Å². The number of nitrogens with zero attached hydrogens (tertiary/aromatic N) is 1. The maximum absolute atomic E-state index is 11.8. The molecule has 1 rings (SSSR count). The molecule has 5 nitrogen and oxygen atoms in total. The molecule has 1 saturated heterocycles. The highest BCUT2D eigenvalue weighted by Gasteiger charge is 2.39. The third-order valence-corrected chi connectivity index (χ3v) is 2.83. The Labute approximate surface area is 101 Å². The van der Waals surface area contributed by atoms with Gasteiger partial charge >= 0.3 is 5.97 Å². The van der Waals surface area contributed by atoms with Crippen molar-refractivity contribution in [3.05, 3.63) is 12.7 Å². The molecule has 0 aromatic rings. The normalized spacial score (nSPS) is 23.7. The summed E-state index contributed by atoms with van der Waals surface area (Å²) in [4.78, 5) is 24.3. The molecule has 0 spiro atoms. The molecule has 1 fully saturated rings. The summed E-state index contributed by atoms with van der Waals surface area (Å²) in [6.07, 6.45) is 2.76. The second-order valence-electron chi connectivity index (χ2n) is 4.04. The Morgan fingerprint density at radius 1 is 1.59 bits per heavy atom. The predicted octanol–water partition coefficient (Wildman–Crippen LogP) is 1.04. The maximum atomic E-state index is 11.8. The fourth-order valence-electron chi connectivity index (χ4n) is 2.03. The highest BCUT2D eigenvalue weighted by molar-refractivity contribution is 5.84. The summed E-state index contributed by atoms with van der Waals surface area (Å²) >= 11 is 0. The minimum absolute atomic E-state index is 0.139. The van der Waals surface area contributed by atoms with Crippen molar-refractivity contribution in [3.8, 4) is 0 Å². The van der Waals surface area contributed by atoms with E-state index in [1.807, 2.05) is 6.92 Å². The number of hydrogen-bond acceptors (Lipinski definition) is 3. The van der Waals surface area contributed by atoms with E-state index in [1.165, 1.54) is 4.90 Å². The predicted molar refractivity (Wildman–Crippen MR) is 62.6 cm³/mol. The zero-order valence-corrected chi connectivity index (χ0v) is 10.1. The first-order valence-electron chi connectivity index (χ1n) is 5.84. The van der Waals surface area contributed by atoms with Crippen LogP contribution in [-0.4, -0.2) is 47.2 Å². The Hall–Kier alpha value is -1.36. The largest absolute Gasteiger partial charge is 0.480 e. The van der Waals surface area contributed by atoms with E-state index in [4.69, 9.17) is 9.84 Å². The number of allylic oxidation sites excluding steroid dienone is 1. The van der Waals surface area contributed by atoms with Gasteiger partial charge in [-0.2, -0.15) is 0 Å². The number of carboxylic acids is 1. The number of carbonyl (C=O) groups is 2. The van der Waals surface area contributed by atoms with Gasteiger partial charge in [-0.1, -0.05) is 6.08 Å². The Kier molecular flexibility index (Phi) is 5.15. The monoisotopic (exact) mass is 241 g/mol. The summed E-state index contributed by atoms with van der Waals surface area (Å²) < 4.78 is 5.39. The number of likely N-dealkylation sites (tertiary alicyclic amines) is 1. The van der Waals surface area contributed by atoms with Crippen LogP contribution in [0, 0.1) is 0 Å². The van der Waals surface area contributed by atoms with Crippen molar-refractivity contribution < 1.29 is 19.4 Å². The SMILES string of the molecule is C=CCCC(=O)N1CC(OCC)CC1C(=O)O. The first-order chi connectivity index (χ1) is 8.10. The number of amides is 1. The van der Waals surface area contributed by atoms with Gasteiger partial charge in [0.15, 0.2) is 0 Å². The molecule has 0 saturated carbocycles. The Balaban J connectivity index is 2.63. The van der Waals surface area contributed by atoms with Gasteiger partial charge in [-0.15, -0.1) is 6.58 Å². The van der Waals surface area contributed by atoms with E-state index < -0.39 is 12.0 Å². The lowest BCUT2D eigenvalue weighted by molar-refractivity contribution is -0.148. The molecule has 1 N–H and O–H groups in total. The molecule has 0 aromatic heterocycles. The lowest BCUT2D eigenvalue weighted by atomic mass is 10.2. The fourth-order valence-corrected chi connectivity index (χ4v) is 2.03. The van der Waals surface area contributed by atoms with Crippen LogP contribution in [0.5, 0.6) is 0 Å². The zero-order chi connectivity index (χ0) is 12.8. The first kappa shape index (κ1) is 13.7. The molecule has 2 atom stereocenters. The highest BCUT2D eigenvalue weighted by atomic mass is 16.5. The van der Waals surface area contributed by atoms with Crippen molar-refractivity contribution in [1.29, 1.82) is 0 Å². The van der Waals surface area contributed by atoms with Crippen molar-refractivity contribution in [1.82, 2.24) is 4.90 Å². The second-order valence-corrected chi connectivity index (χ2v) is 4.04. The quantitative estimate of drug-likeness (QED) is 0.706. The summed E-state index contributed by atoms with van der Waals surface area (Å²) in [7, 11) is 0. The lowest BCUT2D eigenvalue weighted by Crippen LogP contribution is -2.40. The third-order valence-electron chi connectivity index (χ3n) is 2.83. The smallest absolute Gasteiger partial charge is 0.326 e. The van der Waals surface area contributed by atoms with Gasteiger partial charge in [-0.3, -0.25) is 4.79 Å². The van der Waals surface area contributed by atoms with Gasteiger partial charge < -0.3 is 14.7 Å². The molecule has 0 radical (unpaired) electrons. The molecule has 1 aliphatic rings. The summed E-state index contributed by atoms with van der Waals surface area (Å²) in [6, 6.07) is -0.746. The van der Waals surface area contributed by atoms with Gasteiger partial charge in [0.05, 0.1) is 6.10 Å². The Bertz CT molecular complexity index is 303. The van der Waals surface area contributed by atoms with Crippen LogP contribution in [-0.2, 0) is 14.3 Å². The van der Waals surface area contributed by atoms with Crippen molar-refractivity contribution >= 4 is 11.9 Å². The second kappa shape index (κ2) is 6.39. The standard InChI is InChI=1S/C12H19NO4/c1-3-5-6-11(14)13-8-9(17-4-2)7-10(13)12(15)16/h3,9-10H,1,4-8H2,2H3,(H,15,16). The minimum Gasteiger partial charge on any atom is -0.480 e. The van der Waals surface area contributed by atoms with Gasteiger partial charge in [0.2, 0.25) is 5.91 Å². The average Bonchev–Trinajstić information content (AvgIpc) is 2.70. The van der Waals surface area contributed by atoms with Crippen LogP contribution in [0.25, 0.3) is 0 Å². The van der Waals surface area contributed by atoms with Gasteiger partial charge in [0.1, 0.15) is 6.04 Å². The van der Waals surface area contributed by atoms with E-state index in [1.54, 1.807) is 6.08 Å². The van der Waals surface area contributed by atoms with Crippen LogP contribution in [0.2, 0.25) is 0 Å². The van der Waals surface area contributed by atoms with Crippen molar-refractivity contribution in [3.63, 3.8) is 0 Å². The molecular weight excluding hydrogens is 222 g/mol. The molecule has 1 aliphatic heterocycles. The Morgan fingerprint density at radius 2 is 2.29 bits per heavy atom. The molecule has 17 heavy (non-hydrogen) atoms. The molecule has 2 unspecified atom stereocenters. The van der Waals surface area contributed by atoms with Crippen LogP contribution in [0.3, 0.4) is 0 Å². The van der Waals surface area contributed by atoms with Gasteiger partial charge in [0, 0.05) is 26.0 Å². The topological polar surface area (TPSA) is 66.8 Å². The van der Waals surface area contributed by atoms with Crippen molar-refractivity contribution in [2.45, 2.75) is 38.3 Å². The van der Waals surface area contributed by atoms with Crippen molar-refractivity contribution in [2.75, 3.05) is 13.2 Å². The van der Waals surface area contributed by atoms with Crippen molar-refractivity contribution in [2.24, 2.45) is 0 Å². The highest BCUT2D eigenvalue weighted by Crippen LogP contribution is 2.22. The third kappa shape index (κ3) is 3.56. The van der Waals surface area contributed by atoms with Crippen LogP contribution in [0.15, 0.2) is 12.7 Å². The van der Waals surface area contributed by atoms with Gasteiger partial charge in [-0.25, -0.2) is 4.79 Å². The van der Waals surface area contributed by atoms with Crippen LogP contribution < -0.4 is 0 Å². The number of carbonyl (C=O) groups excluding carboxylic acids is 1. The van der Waals surface area contributed by atoms with E-state index in [9.17, 15) is 9.59 Å². The zero-order valence-electron chi connectivity index (χ0n) is 10.1. The molecular formula is C12H19NO4. The number of ether oxygens (including phenoxy) is 1. The number of rotatable bonds is 6. The first-order valence-corrected chi connectivity index (χ1v) is 5.84. The lowest BCUT2D eigenvalue weighted by Gasteiger charge is -2.20. The number of aliphatic carboxylic acids is 1. The van der Waals surface area contributed by atoms with Gasteiger partial charge in [0.25, 0.3) is 0 Å². The molecule has 96 valence electrons. The van der Waals surface area contributed by atoms with E-state index in [0.717, 1.165) is 0 Å². The molecule has 0 aliphatic carbocycles. The summed E-state index contributed by atoms with van der Waals surface area (Å²) in [5.74, 6) is -1.10.